The number of oxazole rings is 1. The molecule has 1 saturated carbocycles. The Hall–Kier alpha value is -3.58. The Bertz CT molecular complexity index is 1370. The summed E-state index contributed by atoms with van der Waals surface area (Å²) in [6.07, 6.45) is 7.03. The van der Waals surface area contributed by atoms with Crippen molar-refractivity contribution in [2.75, 3.05) is 6.61 Å². The Balaban J connectivity index is 1.17. The van der Waals surface area contributed by atoms with E-state index < -0.39 is 11.6 Å². The van der Waals surface area contributed by atoms with Crippen LogP contribution in [0.5, 0.6) is 11.5 Å². The van der Waals surface area contributed by atoms with Gasteiger partial charge in [-0.3, -0.25) is 0 Å². The van der Waals surface area contributed by atoms with E-state index in [0.29, 0.717) is 24.7 Å². The quantitative estimate of drug-likeness (QED) is 0.207. The minimum Gasteiger partial charge on any atom is -0.493 e. The molecule has 7 heteroatoms. The third-order valence-electron chi connectivity index (χ3n) is 7.37. The average molecular weight is 546 g/mol. The number of carbonyl (C=O) groups is 1. The number of rotatable bonds is 11. The van der Waals surface area contributed by atoms with Crippen molar-refractivity contribution in [1.29, 1.82) is 0 Å². The highest BCUT2D eigenvalue weighted by Crippen LogP contribution is 2.33. The predicted octanol–water partition coefficient (Wildman–Crippen LogP) is 7.85. The molecule has 1 fully saturated rings. The Kier molecular flexibility index (Phi) is 8.36. The van der Waals surface area contributed by atoms with Crippen molar-refractivity contribution in [1.82, 2.24) is 4.98 Å². The van der Waals surface area contributed by atoms with Gasteiger partial charge in [0.25, 0.3) is 0 Å². The van der Waals surface area contributed by atoms with Crippen LogP contribution < -0.4 is 9.47 Å². The molecule has 0 bridgehead atoms. The zero-order valence-electron chi connectivity index (χ0n) is 22.5. The minimum atomic E-state index is -1.42. The van der Waals surface area contributed by atoms with Gasteiger partial charge in [-0.1, -0.05) is 49.6 Å². The third kappa shape index (κ3) is 6.71. The van der Waals surface area contributed by atoms with Gasteiger partial charge in [0, 0.05) is 23.6 Å². The second kappa shape index (κ2) is 12.1. The first-order valence-electron chi connectivity index (χ1n) is 13.6. The highest BCUT2D eigenvalue weighted by atomic mass is 32.1. The SMILES string of the molecule is Cc1oc(C2CCCCC2)nc1CCOc1ccc(CC(C)(Oc2cccc(-c3cccs3)c2)C(=O)O)cc1. The molecule has 2 aromatic heterocycles. The molecule has 0 saturated heterocycles. The van der Waals surface area contributed by atoms with Crippen molar-refractivity contribution < 1.29 is 23.8 Å². The highest BCUT2D eigenvalue weighted by Gasteiger charge is 2.36. The lowest BCUT2D eigenvalue weighted by Crippen LogP contribution is -2.43. The van der Waals surface area contributed by atoms with Gasteiger partial charge >= 0.3 is 5.97 Å². The van der Waals surface area contributed by atoms with Gasteiger partial charge in [0.2, 0.25) is 5.60 Å². The smallest absolute Gasteiger partial charge is 0.348 e. The number of aliphatic carboxylic acids is 1. The van der Waals surface area contributed by atoms with E-state index in [1.165, 1.54) is 19.3 Å². The number of carboxylic acids is 1. The molecule has 0 radical (unpaired) electrons. The lowest BCUT2D eigenvalue weighted by molar-refractivity contribution is -0.153. The monoisotopic (exact) mass is 545 g/mol. The summed E-state index contributed by atoms with van der Waals surface area (Å²) >= 11 is 1.63. The molecule has 1 atom stereocenters. The number of benzene rings is 2. The molecule has 204 valence electrons. The first-order valence-corrected chi connectivity index (χ1v) is 14.5. The maximum Gasteiger partial charge on any atom is 0.348 e. The van der Waals surface area contributed by atoms with Crippen molar-refractivity contribution in [2.24, 2.45) is 0 Å². The van der Waals surface area contributed by atoms with Gasteiger partial charge in [0.15, 0.2) is 5.89 Å². The van der Waals surface area contributed by atoms with E-state index in [2.05, 4.69) is 0 Å². The van der Waals surface area contributed by atoms with E-state index >= 15 is 0 Å². The van der Waals surface area contributed by atoms with Crippen LogP contribution in [-0.2, 0) is 17.6 Å². The molecule has 6 nitrogen and oxygen atoms in total. The number of aromatic nitrogens is 1. The van der Waals surface area contributed by atoms with Gasteiger partial charge in [0.05, 0.1) is 12.3 Å². The number of nitrogens with zero attached hydrogens (tertiary/aromatic N) is 1. The fourth-order valence-corrected chi connectivity index (χ4v) is 5.86. The molecule has 0 amide bonds. The summed E-state index contributed by atoms with van der Waals surface area (Å²) in [5, 5.41) is 12.0. The summed E-state index contributed by atoms with van der Waals surface area (Å²) in [5.74, 6) is 2.46. The van der Waals surface area contributed by atoms with Gasteiger partial charge in [-0.25, -0.2) is 9.78 Å². The van der Waals surface area contributed by atoms with Gasteiger partial charge in [-0.15, -0.1) is 11.3 Å². The lowest BCUT2D eigenvalue weighted by Gasteiger charge is -2.27. The van der Waals surface area contributed by atoms with E-state index in [9.17, 15) is 9.90 Å². The van der Waals surface area contributed by atoms with Crippen molar-refractivity contribution in [3.05, 3.63) is 89.0 Å². The van der Waals surface area contributed by atoms with E-state index in [-0.39, 0.29) is 6.42 Å². The molecular formula is C32H35NO5S. The Morgan fingerprint density at radius 3 is 2.59 bits per heavy atom. The highest BCUT2D eigenvalue weighted by molar-refractivity contribution is 7.13. The van der Waals surface area contributed by atoms with E-state index in [1.807, 2.05) is 66.9 Å². The van der Waals surface area contributed by atoms with E-state index in [0.717, 1.165) is 51.9 Å². The number of thiophene rings is 1. The molecule has 2 heterocycles. The molecule has 0 spiro atoms. The molecule has 2 aromatic carbocycles. The minimum absolute atomic E-state index is 0.216. The molecule has 1 N–H and O–H groups in total. The molecular weight excluding hydrogens is 510 g/mol. The van der Waals surface area contributed by atoms with Crippen molar-refractivity contribution in [3.8, 4) is 21.9 Å². The van der Waals surface area contributed by atoms with Crippen LogP contribution in [0.4, 0.5) is 0 Å². The van der Waals surface area contributed by atoms with Gasteiger partial charge in [-0.05, 0) is 73.5 Å². The summed E-state index contributed by atoms with van der Waals surface area (Å²) < 4.78 is 18.0. The lowest BCUT2D eigenvalue weighted by atomic mass is 9.89. The number of carboxylic acid groups (broad SMARTS) is 1. The predicted molar refractivity (Wildman–Crippen MR) is 153 cm³/mol. The van der Waals surface area contributed by atoms with Gasteiger partial charge in [-0.2, -0.15) is 0 Å². The largest absolute Gasteiger partial charge is 0.493 e. The summed E-state index contributed by atoms with van der Waals surface area (Å²) in [5.41, 5.74) is 1.40. The molecule has 1 aliphatic rings. The van der Waals surface area contributed by atoms with Crippen molar-refractivity contribution in [3.63, 3.8) is 0 Å². The van der Waals surface area contributed by atoms with Crippen LogP contribution in [0.15, 0.2) is 70.5 Å². The van der Waals surface area contributed by atoms with Crippen LogP contribution in [0.1, 0.15) is 67.9 Å². The maximum atomic E-state index is 12.3. The first-order chi connectivity index (χ1) is 18.9. The number of hydrogen-bond acceptors (Lipinski definition) is 6. The summed E-state index contributed by atoms with van der Waals surface area (Å²) in [6.45, 7) is 4.08. The summed E-state index contributed by atoms with van der Waals surface area (Å²) in [4.78, 5) is 18.1. The fourth-order valence-electron chi connectivity index (χ4n) is 5.14. The molecule has 1 aliphatic carbocycles. The second-order valence-corrected chi connectivity index (χ2v) is 11.4. The van der Waals surface area contributed by atoms with Crippen molar-refractivity contribution >= 4 is 17.3 Å². The Labute approximate surface area is 233 Å². The molecule has 0 aliphatic heterocycles. The van der Waals surface area contributed by atoms with Crippen LogP contribution in [-0.4, -0.2) is 28.3 Å². The van der Waals surface area contributed by atoms with Gasteiger partial charge in [0.1, 0.15) is 17.3 Å². The third-order valence-corrected chi connectivity index (χ3v) is 8.29. The van der Waals surface area contributed by atoms with E-state index in [4.69, 9.17) is 18.9 Å². The maximum absolute atomic E-state index is 12.3. The van der Waals surface area contributed by atoms with Crippen LogP contribution in [0.3, 0.4) is 0 Å². The number of ether oxygens (including phenoxy) is 2. The van der Waals surface area contributed by atoms with Crippen molar-refractivity contribution in [2.45, 2.75) is 70.3 Å². The average Bonchev–Trinajstić information content (AvgIpc) is 3.61. The Morgan fingerprint density at radius 2 is 1.87 bits per heavy atom. The summed E-state index contributed by atoms with van der Waals surface area (Å²) in [6, 6.07) is 19.1. The van der Waals surface area contributed by atoms with Crippen LogP contribution >= 0.6 is 11.3 Å². The Morgan fingerprint density at radius 1 is 1.08 bits per heavy atom. The van der Waals surface area contributed by atoms with Gasteiger partial charge < -0.3 is 19.0 Å². The fraction of sp³-hybridized carbons (Fsp3) is 0.375. The molecule has 5 rings (SSSR count). The normalized spacial score (nSPS) is 15.5. The summed E-state index contributed by atoms with van der Waals surface area (Å²) in [7, 11) is 0. The molecule has 1 unspecified atom stereocenters. The molecule has 4 aromatic rings. The van der Waals surface area contributed by atoms with Crippen LogP contribution in [0, 0.1) is 6.92 Å². The van der Waals surface area contributed by atoms with Crippen LogP contribution in [0.2, 0.25) is 0 Å². The zero-order valence-corrected chi connectivity index (χ0v) is 23.3. The topological polar surface area (TPSA) is 81.8 Å². The van der Waals surface area contributed by atoms with Crippen LogP contribution in [0.25, 0.3) is 10.4 Å². The number of aryl methyl sites for hydroxylation is 1. The molecule has 39 heavy (non-hydrogen) atoms. The number of hydrogen-bond donors (Lipinski definition) is 1. The second-order valence-electron chi connectivity index (χ2n) is 10.5. The standard InChI is InChI=1S/C32H35NO5S/c1-22-28(33-30(37-22)24-8-4-3-5-9-24)17-18-36-26-15-13-23(14-16-26)21-32(2,31(34)35)38-27-11-6-10-25(20-27)29-12-7-19-39-29/h6-7,10-16,19-20,24H,3-5,8-9,17-18,21H2,1-2H3,(H,34,35). The zero-order chi connectivity index (χ0) is 27.2. The van der Waals surface area contributed by atoms with E-state index in [1.54, 1.807) is 24.3 Å². The first kappa shape index (κ1) is 27.0.